The number of carbonyl (C=O) groups excluding carboxylic acids is 1. The fraction of sp³-hybridized carbons (Fsp3) is 0.294. The third-order valence-corrected chi connectivity index (χ3v) is 3.64. The molecule has 5 nitrogen and oxygen atoms in total. The number of rotatable bonds is 6. The van der Waals surface area contributed by atoms with Gasteiger partial charge in [-0.1, -0.05) is 12.1 Å². The number of amides is 1. The number of halogens is 1. The van der Waals surface area contributed by atoms with Gasteiger partial charge in [-0.25, -0.2) is 9.18 Å². The van der Waals surface area contributed by atoms with Crippen LogP contribution in [-0.2, 0) is 24.3 Å². The van der Waals surface area contributed by atoms with Gasteiger partial charge in [-0.3, -0.25) is 4.79 Å². The van der Waals surface area contributed by atoms with Crippen molar-refractivity contribution >= 4 is 11.9 Å². The predicted molar refractivity (Wildman–Crippen MR) is 83.8 cm³/mol. The molecule has 0 radical (unpaired) electrons. The summed E-state index contributed by atoms with van der Waals surface area (Å²) in [6.45, 7) is 4.38. The highest BCUT2D eigenvalue weighted by molar-refractivity contribution is 5.93. The van der Waals surface area contributed by atoms with E-state index in [2.05, 4.69) is 5.32 Å². The summed E-state index contributed by atoms with van der Waals surface area (Å²) in [5.74, 6) is -1.70. The third kappa shape index (κ3) is 3.97. The number of aromatic carboxylic acids is 1. The lowest BCUT2D eigenvalue weighted by Gasteiger charge is -2.09. The Labute approximate surface area is 133 Å². The Morgan fingerprint density at radius 2 is 2.09 bits per heavy atom. The lowest BCUT2D eigenvalue weighted by Crippen LogP contribution is -2.26. The van der Waals surface area contributed by atoms with Gasteiger partial charge < -0.3 is 15.0 Å². The molecule has 23 heavy (non-hydrogen) atoms. The molecule has 1 heterocycles. The van der Waals surface area contributed by atoms with Crippen LogP contribution >= 0.6 is 0 Å². The normalized spacial score (nSPS) is 10.6. The smallest absolute Gasteiger partial charge is 0.337 e. The van der Waals surface area contributed by atoms with E-state index in [1.807, 2.05) is 6.92 Å². The Hall–Kier alpha value is -2.63. The molecule has 2 N–H and O–H groups in total. The van der Waals surface area contributed by atoms with Crippen LogP contribution in [-0.4, -0.2) is 21.6 Å². The second kappa shape index (κ2) is 7.09. The Morgan fingerprint density at radius 1 is 1.35 bits per heavy atom. The summed E-state index contributed by atoms with van der Waals surface area (Å²) in [4.78, 5) is 23.5. The number of aryl methyl sites for hydroxylation is 2. The van der Waals surface area contributed by atoms with Crippen molar-refractivity contribution in [3.8, 4) is 0 Å². The van der Waals surface area contributed by atoms with E-state index in [1.165, 1.54) is 12.1 Å². The van der Waals surface area contributed by atoms with Crippen molar-refractivity contribution in [3.63, 3.8) is 0 Å². The van der Waals surface area contributed by atoms with Crippen LogP contribution in [0.25, 0.3) is 0 Å². The van der Waals surface area contributed by atoms with Crippen molar-refractivity contribution in [2.24, 2.45) is 0 Å². The second-order valence-electron chi connectivity index (χ2n) is 5.31. The number of carbonyl (C=O) groups is 2. The molecular weight excluding hydrogens is 299 g/mol. The van der Waals surface area contributed by atoms with Crippen LogP contribution < -0.4 is 5.32 Å². The average Bonchev–Trinajstić information content (AvgIpc) is 2.81. The molecule has 0 atom stereocenters. The zero-order valence-corrected chi connectivity index (χ0v) is 13.1. The molecule has 0 bridgehead atoms. The number of benzene rings is 1. The molecule has 0 unspecified atom stereocenters. The molecule has 1 aromatic heterocycles. The predicted octanol–water partition coefficient (Wildman–Crippen LogP) is 2.51. The second-order valence-corrected chi connectivity index (χ2v) is 5.31. The Kier molecular flexibility index (Phi) is 5.16. The van der Waals surface area contributed by atoms with Crippen LogP contribution in [0.4, 0.5) is 4.39 Å². The zero-order valence-electron chi connectivity index (χ0n) is 13.1. The Balaban J connectivity index is 2.09. The number of carboxylic acids is 1. The summed E-state index contributed by atoms with van der Waals surface area (Å²) in [6, 6.07) is 5.97. The molecule has 0 saturated heterocycles. The average molecular weight is 318 g/mol. The molecule has 122 valence electrons. The molecule has 0 saturated carbocycles. The molecule has 0 fully saturated rings. The minimum absolute atomic E-state index is 0.0291. The van der Waals surface area contributed by atoms with Crippen LogP contribution in [0.5, 0.6) is 0 Å². The van der Waals surface area contributed by atoms with Gasteiger partial charge in [0.25, 0.3) is 0 Å². The summed E-state index contributed by atoms with van der Waals surface area (Å²) in [6.07, 6.45) is 1.71. The topological polar surface area (TPSA) is 71.3 Å². The highest BCUT2D eigenvalue weighted by Gasteiger charge is 2.20. The standard InChI is InChI=1S/C17H19FN2O3/c1-3-20-10-11(2)16(17(22)23)14(20)8-15(21)19-9-12-5-4-6-13(18)7-12/h4-7,10H,3,8-9H2,1-2H3,(H,19,21)(H,22,23). The molecule has 6 heteroatoms. The van der Waals surface area contributed by atoms with Gasteiger partial charge in [0.2, 0.25) is 5.91 Å². The van der Waals surface area contributed by atoms with Gasteiger partial charge in [-0.2, -0.15) is 0 Å². The highest BCUT2D eigenvalue weighted by Crippen LogP contribution is 2.18. The van der Waals surface area contributed by atoms with E-state index in [1.54, 1.807) is 29.8 Å². The Bertz CT molecular complexity index is 737. The quantitative estimate of drug-likeness (QED) is 0.859. The van der Waals surface area contributed by atoms with Crippen molar-refractivity contribution in [3.05, 3.63) is 58.7 Å². The molecule has 0 aliphatic carbocycles. The van der Waals surface area contributed by atoms with Crippen LogP contribution in [0.15, 0.2) is 30.5 Å². The lowest BCUT2D eigenvalue weighted by atomic mass is 10.1. The highest BCUT2D eigenvalue weighted by atomic mass is 19.1. The summed E-state index contributed by atoms with van der Waals surface area (Å²) >= 11 is 0. The maximum absolute atomic E-state index is 13.1. The SMILES string of the molecule is CCn1cc(C)c(C(=O)O)c1CC(=O)NCc1cccc(F)c1. The first kappa shape index (κ1) is 16.7. The van der Waals surface area contributed by atoms with Gasteiger partial charge in [-0.05, 0) is 37.1 Å². The van der Waals surface area contributed by atoms with E-state index in [-0.39, 0.29) is 30.3 Å². The van der Waals surface area contributed by atoms with Crippen molar-refractivity contribution in [1.29, 1.82) is 0 Å². The minimum atomic E-state index is -1.04. The molecule has 2 aromatic rings. The first-order valence-electron chi connectivity index (χ1n) is 7.35. The summed E-state index contributed by atoms with van der Waals surface area (Å²) in [5.41, 5.74) is 1.94. The van der Waals surface area contributed by atoms with Crippen molar-refractivity contribution in [1.82, 2.24) is 9.88 Å². The minimum Gasteiger partial charge on any atom is -0.478 e. The van der Waals surface area contributed by atoms with Crippen molar-refractivity contribution in [2.75, 3.05) is 0 Å². The van der Waals surface area contributed by atoms with Crippen molar-refractivity contribution < 1.29 is 19.1 Å². The fourth-order valence-electron chi connectivity index (χ4n) is 2.57. The number of carboxylic acid groups (broad SMARTS) is 1. The van der Waals surface area contributed by atoms with Gasteiger partial charge in [0.15, 0.2) is 0 Å². The molecule has 2 rings (SSSR count). The van der Waals surface area contributed by atoms with Crippen LogP contribution in [0.3, 0.4) is 0 Å². The van der Waals surface area contributed by atoms with Crippen molar-refractivity contribution in [2.45, 2.75) is 33.4 Å². The molecule has 0 spiro atoms. The molecule has 0 aliphatic rings. The first-order valence-corrected chi connectivity index (χ1v) is 7.35. The molecular formula is C17H19FN2O3. The summed E-state index contributed by atoms with van der Waals surface area (Å²) < 4.78 is 14.9. The number of aromatic nitrogens is 1. The van der Waals surface area contributed by atoms with E-state index in [0.717, 1.165) is 0 Å². The van der Waals surface area contributed by atoms with E-state index in [4.69, 9.17) is 0 Å². The third-order valence-electron chi connectivity index (χ3n) is 3.64. The molecule has 0 aliphatic heterocycles. The largest absolute Gasteiger partial charge is 0.478 e. The summed E-state index contributed by atoms with van der Waals surface area (Å²) in [5, 5.41) is 12.0. The van der Waals surface area contributed by atoms with E-state index in [0.29, 0.717) is 23.4 Å². The lowest BCUT2D eigenvalue weighted by molar-refractivity contribution is -0.120. The van der Waals surface area contributed by atoms with Crippen LogP contribution in [0, 0.1) is 12.7 Å². The van der Waals surface area contributed by atoms with E-state index >= 15 is 0 Å². The number of hydrogen-bond donors (Lipinski definition) is 2. The molecule has 1 amide bonds. The van der Waals surface area contributed by atoms with E-state index in [9.17, 15) is 19.1 Å². The number of nitrogens with one attached hydrogen (secondary N) is 1. The fourth-order valence-corrected chi connectivity index (χ4v) is 2.57. The number of hydrogen-bond acceptors (Lipinski definition) is 2. The maximum Gasteiger partial charge on any atom is 0.337 e. The zero-order chi connectivity index (χ0) is 17.0. The van der Waals surface area contributed by atoms with Gasteiger partial charge in [0, 0.05) is 25.0 Å². The monoisotopic (exact) mass is 318 g/mol. The van der Waals surface area contributed by atoms with E-state index < -0.39 is 5.97 Å². The van der Waals surface area contributed by atoms with Gasteiger partial charge in [0.05, 0.1) is 12.0 Å². The van der Waals surface area contributed by atoms with Gasteiger partial charge in [0.1, 0.15) is 5.82 Å². The first-order chi connectivity index (χ1) is 10.9. The van der Waals surface area contributed by atoms with Crippen LogP contribution in [0.2, 0.25) is 0 Å². The molecule has 1 aromatic carbocycles. The Morgan fingerprint density at radius 3 is 2.70 bits per heavy atom. The van der Waals surface area contributed by atoms with Gasteiger partial charge >= 0.3 is 5.97 Å². The number of nitrogens with zero attached hydrogens (tertiary/aromatic N) is 1. The van der Waals surface area contributed by atoms with Gasteiger partial charge in [-0.15, -0.1) is 0 Å². The summed E-state index contributed by atoms with van der Waals surface area (Å²) in [7, 11) is 0. The van der Waals surface area contributed by atoms with Crippen LogP contribution in [0.1, 0.15) is 34.1 Å². The maximum atomic E-state index is 13.1.